The van der Waals surface area contributed by atoms with Crippen LogP contribution in [-0.2, 0) is 19.9 Å². The van der Waals surface area contributed by atoms with E-state index in [4.69, 9.17) is 38.7 Å². The van der Waals surface area contributed by atoms with Crippen molar-refractivity contribution < 1.29 is 86.9 Å². The van der Waals surface area contributed by atoms with Crippen molar-refractivity contribution in [3.8, 4) is 273 Å². The van der Waals surface area contributed by atoms with Gasteiger partial charge in [0.25, 0.3) is 0 Å². The molecule has 6 rings (SSSR count). The monoisotopic (exact) mass is 1320 g/mol. The van der Waals surface area contributed by atoms with Crippen molar-refractivity contribution in [3.05, 3.63) is 202 Å². The number of alkyl halides is 1. The number of hydrogen-bond donors (Lipinski definition) is 2. The molecule has 0 heterocycles. The van der Waals surface area contributed by atoms with Crippen LogP contribution in [-0.4, -0.2) is 30.8 Å². The highest BCUT2D eigenvalue weighted by Crippen LogP contribution is 2.44. The molecule has 6 aromatic carbocycles. The number of carbonyl (C=O) groups is 1. The second-order valence-corrected chi connectivity index (χ2v) is 18.4. The van der Waals surface area contributed by atoms with Crippen molar-refractivity contribution in [2.24, 2.45) is 0 Å². The molecular formula is C88H130ClNO5. The first-order valence-electron chi connectivity index (χ1n) is 27.6. The van der Waals surface area contributed by atoms with Gasteiger partial charge in [-0.1, -0.05) is 133 Å². The summed E-state index contributed by atoms with van der Waals surface area (Å²) in [7, 11) is 1.28. The van der Waals surface area contributed by atoms with Crippen molar-refractivity contribution >= 4 is 17.6 Å². The minimum absolute atomic E-state index is 0. The number of benzene rings is 6. The number of aryl methyl sites for hydroxylation is 2. The fourth-order valence-electron chi connectivity index (χ4n) is 7.93. The van der Waals surface area contributed by atoms with E-state index in [0.717, 1.165) is 44.5 Å². The molecule has 0 amide bonds. The lowest BCUT2D eigenvalue weighted by Crippen LogP contribution is -2.54. The third kappa shape index (κ3) is 25.3. The lowest BCUT2D eigenvalue weighted by molar-refractivity contribution is -0.144. The molecular weight excluding hydrogens is 1190 g/mol. The van der Waals surface area contributed by atoms with Crippen molar-refractivity contribution in [3.63, 3.8) is 0 Å². The lowest BCUT2D eigenvalue weighted by atomic mass is 9.76. The third-order valence-corrected chi connectivity index (χ3v) is 12.2. The van der Waals surface area contributed by atoms with Crippen LogP contribution in [0, 0.1) is 276 Å². The summed E-state index contributed by atoms with van der Waals surface area (Å²) in [6.07, 6.45) is 15.1. The zero-order chi connectivity index (χ0) is 67.5. The highest BCUT2D eigenvalue weighted by atomic mass is 35.5. The van der Waals surface area contributed by atoms with Crippen molar-refractivity contribution in [1.82, 2.24) is 5.32 Å². The van der Waals surface area contributed by atoms with Gasteiger partial charge in [0, 0.05) is 205 Å². The zero-order valence-electron chi connectivity index (χ0n) is 50.9. The molecule has 2 N–H and O–H groups in total. The van der Waals surface area contributed by atoms with Crippen molar-refractivity contribution in [2.45, 2.75) is 30.3 Å². The largest absolute Gasteiger partial charge is 0.468 e. The molecule has 524 valence electrons. The molecule has 0 radical (unpaired) electrons. The van der Waals surface area contributed by atoms with Gasteiger partial charge in [0.2, 0.25) is 0 Å². The first-order valence-corrected chi connectivity index (χ1v) is 27.9. The molecule has 6 aromatic rings. The molecule has 1 atom stereocenters. The van der Waals surface area contributed by atoms with Crippen LogP contribution >= 0.6 is 11.6 Å². The number of esters is 1. The van der Waals surface area contributed by atoms with Crippen LogP contribution in [0.3, 0.4) is 0 Å². The predicted molar refractivity (Wildman–Crippen MR) is 467 cm³/mol. The molecule has 0 spiro atoms. The number of aliphatic hydroxyl groups excluding tert-OH is 1. The summed E-state index contributed by atoms with van der Waals surface area (Å²) >= 11 is 7.41. The van der Waals surface area contributed by atoms with Gasteiger partial charge in [-0.3, -0.25) is 10.1 Å². The Morgan fingerprint density at radius 3 is 0.947 bits per heavy atom. The molecule has 0 saturated heterocycles. The Morgan fingerprint density at radius 1 is 0.400 bits per heavy atom. The summed E-state index contributed by atoms with van der Waals surface area (Å²) in [4.78, 5) is 11.8. The second kappa shape index (κ2) is 42.7. The van der Waals surface area contributed by atoms with Gasteiger partial charge in [-0.15, -0.1) is 24.4 Å². The quantitative estimate of drug-likeness (QED) is 0.0550. The van der Waals surface area contributed by atoms with Gasteiger partial charge < -0.3 is 19.3 Å². The van der Waals surface area contributed by atoms with Crippen LogP contribution in [0.4, 0.5) is 0 Å². The number of aliphatic hydroxyl groups is 1. The van der Waals surface area contributed by atoms with Gasteiger partial charge in [-0.2, -0.15) is 0 Å². The van der Waals surface area contributed by atoms with Crippen molar-refractivity contribution in [1.29, 1.82) is 0 Å². The molecule has 6 nitrogen and oxygen atoms in total. The summed E-state index contributed by atoms with van der Waals surface area (Å²) in [5.74, 6) is 100. The molecule has 0 aliphatic rings. The molecule has 0 saturated carbocycles. The van der Waals surface area contributed by atoms with Gasteiger partial charge >= 0.3 is 5.97 Å². The second-order valence-electron chi connectivity index (χ2n) is 17.8. The van der Waals surface area contributed by atoms with E-state index in [-0.39, 0.29) is 62.8 Å². The maximum atomic E-state index is 12.7. The molecule has 0 fully saturated rings. The van der Waals surface area contributed by atoms with Crippen LogP contribution in [0.15, 0.2) is 158 Å². The van der Waals surface area contributed by atoms with Crippen LogP contribution in [0.25, 0.3) is 0 Å². The van der Waals surface area contributed by atoms with Crippen LogP contribution < -0.4 is 14.8 Å². The van der Waals surface area contributed by atoms with Gasteiger partial charge in [-0.25, -0.2) is 0 Å². The fraction of sp³-hybridized carbons (Fsp3) is 0.0795. The van der Waals surface area contributed by atoms with E-state index >= 15 is 0 Å². The van der Waals surface area contributed by atoms with E-state index in [1.807, 2.05) is 172 Å². The minimum Gasteiger partial charge on any atom is -0.468 e. The Hall–Kier alpha value is -15.1. The van der Waals surface area contributed by atoms with Gasteiger partial charge in [0.1, 0.15) is 34.6 Å². The van der Waals surface area contributed by atoms with Crippen LogP contribution in [0.5, 0.6) is 11.5 Å². The SMILES string of the molecule is C#CC#CC#CC#CC#CC#CC#CC#CC#CC#CC#COc1cc(C)cc(C(Cl)(c2ccccc2)c2ccccc2)c1.C#CC#CC#CC#CC#CC#CC#CC#CC#CC#CC#COc1cc(C)cc(C(NC(CO)C(=O)OC)(c2ccccc2)c2ccccc2)c1.[HH].[HH].[HH].[HH].[HH].[HH].[HH].[HH].[HH].[HH].[HH].[HH].[HH].[HH].[HH].[HH].[HH].[HH].[HH].[HH].[HH].[HH].[HH].[HH].[HH].[HH].[HH].[HH].[HH].[HH].[HH].[HH].[HH].[HH].[HH].[HH].[HH].[HH].[HH].[HH].[HH].[HH].[HH].[HH]. The molecule has 7 heteroatoms. The van der Waals surface area contributed by atoms with Gasteiger partial charge in [0.15, 0.2) is 0 Å². The topological polar surface area (TPSA) is 77.0 Å². The Kier molecular flexibility index (Phi) is 31.8. The summed E-state index contributed by atoms with van der Waals surface area (Å²) in [6.45, 7) is 3.42. The maximum absolute atomic E-state index is 12.7. The number of carbonyl (C=O) groups excluding carboxylic acids is 1. The molecule has 0 aliphatic carbocycles. The average Bonchev–Trinajstić information content (AvgIpc) is 0.754. The molecule has 1 unspecified atom stereocenters. The van der Waals surface area contributed by atoms with E-state index in [9.17, 15) is 9.90 Å². The summed E-state index contributed by atoms with van der Waals surface area (Å²) in [5.41, 5.74) is 5.93. The highest BCUT2D eigenvalue weighted by molar-refractivity contribution is 6.28. The van der Waals surface area contributed by atoms with Crippen LogP contribution in [0.2, 0.25) is 0 Å². The smallest absolute Gasteiger partial charge is 0.325 e. The highest BCUT2D eigenvalue weighted by Gasteiger charge is 2.41. The Balaban J connectivity index is -0.0000000283. The third-order valence-electron chi connectivity index (χ3n) is 11.6. The summed E-state index contributed by atoms with van der Waals surface area (Å²) in [5, 5.41) is 13.6. The van der Waals surface area contributed by atoms with E-state index in [1.165, 1.54) is 7.11 Å². The number of hydrogen-bond acceptors (Lipinski definition) is 6. The normalized spacial score (nSPS) is 8.33. The fourth-order valence-corrected chi connectivity index (χ4v) is 8.29. The first kappa shape index (κ1) is 70.7. The molecule has 0 bridgehead atoms. The molecule has 0 aliphatic heterocycles. The van der Waals surface area contributed by atoms with Gasteiger partial charge in [-0.05, 0) is 177 Å². The van der Waals surface area contributed by atoms with E-state index in [1.54, 1.807) is 0 Å². The maximum Gasteiger partial charge on any atom is 0.325 e. The van der Waals surface area contributed by atoms with Crippen LogP contribution in [0.1, 0.15) is 107 Å². The number of methoxy groups -OCH3 is 1. The van der Waals surface area contributed by atoms with E-state index < -0.39 is 29.0 Å². The minimum atomic E-state index is -1.09. The predicted octanol–water partition coefficient (Wildman–Crippen LogP) is 19.8. The first-order chi connectivity index (χ1) is 46.7. The Labute approximate surface area is 628 Å². The van der Waals surface area contributed by atoms with Gasteiger partial charge in [0.05, 0.1) is 19.3 Å². The number of terminal acetylenes is 2. The molecule has 0 aromatic heterocycles. The average molecular weight is 1320 g/mol. The number of rotatable bonds is 12. The standard InChI is InChI=1S/C46H25NO4.C42H17ClO.44H2/c1-4-5-6-7-8-9-10-11-12-13-14-15-16-17-18-19-20-21-22-29-34-51-43-36-39(2)35-42(37-43)46(40-30-25-23-26-31-40,41-32-27-24-28-33-41)47-44(38-48)45(49)50-3;1-3-4-5-6-7-8-9-10-11-12-13-14-15-16-17-18-19-20-21-28-33-44-41-35-37(2)34-40(36-41)42(43,38-29-24-22-25-30-38)39-31-26-23-27-32-39;;;;;;;;;;;;;;;;;;;;;;;;;;;;;;;;;;;;;;;;;;;;/h1,23-28,30-33,35-37,44,47-48H,38H2,2-3H3;1,22-27,29-32,34-36H,2H3;44*1H. The van der Waals surface area contributed by atoms with Crippen molar-refractivity contribution in [2.75, 3.05) is 13.7 Å². The zero-order valence-corrected chi connectivity index (χ0v) is 51.7. The Bertz CT molecular complexity index is 5400. The number of nitrogens with one attached hydrogen (secondary N) is 1. The lowest BCUT2D eigenvalue weighted by Gasteiger charge is -2.39. The Morgan fingerprint density at radius 2 is 0.663 bits per heavy atom. The van der Waals surface area contributed by atoms with E-state index in [0.29, 0.717) is 11.5 Å². The number of halogens is 1. The molecule has 95 heavy (non-hydrogen) atoms. The summed E-state index contributed by atoms with van der Waals surface area (Å²) in [6, 6.07) is 49.5. The summed E-state index contributed by atoms with van der Waals surface area (Å²) < 4.78 is 16.4. The van der Waals surface area contributed by atoms with E-state index in [2.05, 4.69) is 254 Å². The number of ether oxygens (including phenoxy) is 3.